The van der Waals surface area contributed by atoms with E-state index in [1.54, 1.807) is 43.5 Å². The van der Waals surface area contributed by atoms with Gasteiger partial charge in [0.2, 0.25) is 0 Å². The quantitative estimate of drug-likeness (QED) is 0.458. The lowest BCUT2D eigenvalue weighted by molar-refractivity contribution is 0.0934. The van der Waals surface area contributed by atoms with Gasteiger partial charge >= 0.3 is 0 Å². The number of hydrazine groups is 1. The van der Waals surface area contributed by atoms with E-state index in [4.69, 9.17) is 17.0 Å². The molecule has 3 N–H and O–H groups in total. The Bertz CT molecular complexity index is 1000. The lowest BCUT2D eigenvalue weighted by Crippen LogP contribution is -2.48. The first-order valence-corrected chi connectivity index (χ1v) is 9.19. The second-order valence-corrected chi connectivity index (χ2v) is 6.44. The molecule has 3 aromatic carbocycles. The number of ether oxygens (including phenoxy) is 1. The van der Waals surface area contributed by atoms with Crippen LogP contribution in [0.15, 0.2) is 78.9 Å². The molecule has 0 unspecified atom stereocenters. The third-order valence-electron chi connectivity index (χ3n) is 4.12. The molecule has 0 heterocycles. The summed E-state index contributed by atoms with van der Waals surface area (Å²) in [6.45, 7) is 0. The Balaban J connectivity index is 1.51. The van der Waals surface area contributed by atoms with Crippen molar-refractivity contribution in [3.63, 3.8) is 0 Å². The normalized spacial score (nSPS) is 9.97. The molecule has 0 atom stereocenters. The summed E-state index contributed by atoms with van der Waals surface area (Å²) in [5.74, 6) is -0.120. The predicted octanol–water partition coefficient (Wildman–Crippen LogP) is 3.31. The third-order valence-corrected chi connectivity index (χ3v) is 4.33. The predicted molar refractivity (Wildman–Crippen MR) is 116 cm³/mol. The van der Waals surface area contributed by atoms with Gasteiger partial charge in [0.05, 0.1) is 7.11 Å². The highest BCUT2D eigenvalue weighted by Crippen LogP contribution is 2.19. The summed E-state index contributed by atoms with van der Waals surface area (Å²) in [7, 11) is 1.55. The van der Waals surface area contributed by atoms with Crippen LogP contribution < -0.4 is 20.9 Å². The minimum Gasteiger partial charge on any atom is -0.497 e. The zero-order chi connectivity index (χ0) is 20.6. The topological polar surface area (TPSA) is 79.5 Å². The van der Waals surface area contributed by atoms with Gasteiger partial charge in [0.25, 0.3) is 11.8 Å². The van der Waals surface area contributed by atoms with Crippen molar-refractivity contribution in [1.29, 1.82) is 0 Å². The lowest BCUT2D eigenvalue weighted by atomic mass is 10.0. The van der Waals surface area contributed by atoms with Crippen molar-refractivity contribution >= 4 is 29.1 Å². The molecule has 3 aromatic rings. The number of methoxy groups -OCH3 is 1. The molecular weight excluding hydrogens is 386 g/mol. The van der Waals surface area contributed by atoms with Crippen LogP contribution in [0.4, 0.5) is 0 Å². The molecular formula is C22H19N3O3S. The van der Waals surface area contributed by atoms with Gasteiger partial charge in [-0.25, -0.2) is 0 Å². The maximum Gasteiger partial charge on any atom is 0.269 e. The summed E-state index contributed by atoms with van der Waals surface area (Å²) >= 11 is 5.05. The summed E-state index contributed by atoms with van der Waals surface area (Å²) in [6.07, 6.45) is 0. The van der Waals surface area contributed by atoms with Crippen LogP contribution in [0.2, 0.25) is 0 Å². The number of carbonyl (C=O) groups is 2. The molecule has 7 heteroatoms. The van der Waals surface area contributed by atoms with Crippen LogP contribution in [-0.4, -0.2) is 24.0 Å². The number of hydrogen-bond donors (Lipinski definition) is 3. The monoisotopic (exact) mass is 405 g/mol. The Hall–Kier alpha value is -3.71. The van der Waals surface area contributed by atoms with Crippen LogP contribution in [0, 0.1) is 0 Å². The van der Waals surface area contributed by atoms with E-state index in [-0.39, 0.29) is 11.0 Å². The summed E-state index contributed by atoms with van der Waals surface area (Å²) in [5.41, 5.74) is 7.95. The number of amides is 2. The van der Waals surface area contributed by atoms with Crippen molar-refractivity contribution in [1.82, 2.24) is 16.2 Å². The molecule has 0 saturated heterocycles. The van der Waals surface area contributed by atoms with Gasteiger partial charge in [0.15, 0.2) is 5.11 Å². The van der Waals surface area contributed by atoms with Crippen LogP contribution in [0.5, 0.6) is 5.75 Å². The highest BCUT2D eigenvalue weighted by molar-refractivity contribution is 7.80. The fourth-order valence-corrected chi connectivity index (χ4v) is 2.72. The van der Waals surface area contributed by atoms with Gasteiger partial charge in [0.1, 0.15) is 5.75 Å². The average Bonchev–Trinajstić information content (AvgIpc) is 2.78. The first-order valence-electron chi connectivity index (χ1n) is 8.78. The van der Waals surface area contributed by atoms with E-state index in [2.05, 4.69) is 16.2 Å². The van der Waals surface area contributed by atoms with Gasteiger partial charge < -0.3 is 4.74 Å². The molecule has 146 valence electrons. The maximum absolute atomic E-state index is 12.3. The summed E-state index contributed by atoms with van der Waals surface area (Å²) < 4.78 is 5.05. The van der Waals surface area contributed by atoms with Crippen LogP contribution in [0.1, 0.15) is 20.7 Å². The third kappa shape index (κ3) is 5.40. The smallest absolute Gasteiger partial charge is 0.269 e. The second kappa shape index (κ2) is 9.48. The number of hydrogen-bond acceptors (Lipinski definition) is 4. The molecule has 2 amide bonds. The summed E-state index contributed by atoms with van der Waals surface area (Å²) in [6, 6.07) is 23.6. The van der Waals surface area contributed by atoms with E-state index < -0.39 is 5.91 Å². The number of nitrogens with one attached hydrogen (secondary N) is 3. The highest BCUT2D eigenvalue weighted by atomic mass is 32.1. The largest absolute Gasteiger partial charge is 0.497 e. The Morgan fingerprint density at radius 3 is 1.90 bits per heavy atom. The summed E-state index contributed by atoms with van der Waals surface area (Å²) in [5, 5.41) is 2.48. The SMILES string of the molecule is COc1ccc(C(=O)NC(=S)NNC(=O)c2ccc(-c3ccccc3)cc2)cc1. The molecule has 0 radical (unpaired) electrons. The molecule has 0 aliphatic carbocycles. The van der Waals surface area contributed by atoms with Gasteiger partial charge in [0, 0.05) is 11.1 Å². The van der Waals surface area contributed by atoms with E-state index in [1.165, 1.54) is 0 Å². The standard InChI is InChI=1S/C22H19N3O3S/c1-28-19-13-11-17(12-14-19)20(26)23-22(29)25-24-21(27)18-9-7-16(8-10-18)15-5-3-2-4-6-15/h2-14H,1H3,(H,24,27)(H2,23,25,26,29). The fraction of sp³-hybridized carbons (Fsp3) is 0.0455. The molecule has 0 spiro atoms. The Morgan fingerprint density at radius 2 is 1.28 bits per heavy atom. The van der Waals surface area contributed by atoms with Gasteiger partial charge in [-0.15, -0.1) is 0 Å². The van der Waals surface area contributed by atoms with E-state index in [1.807, 2.05) is 42.5 Å². The van der Waals surface area contributed by atoms with Crippen LogP contribution in [-0.2, 0) is 0 Å². The van der Waals surface area contributed by atoms with Gasteiger partial charge in [-0.1, -0.05) is 42.5 Å². The van der Waals surface area contributed by atoms with Crippen molar-refractivity contribution in [2.75, 3.05) is 7.11 Å². The van der Waals surface area contributed by atoms with E-state index >= 15 is 0 Å². The van der Waals surface area contributed by atoms with Crippen LogP contribution in [0.3, 0.4) is 0 Å². The average molecular weight is 405 g/mol. The Kier molecular flexibility index (Phi) is 6.55. The molecule has 0 aromatic heterocycles. The Morgan fingerprint density at radius 1 is 0.724 bits per heavy atom. The maximum atomic E-state index is 12.3. The van der Waals surface area contributed by atoms with Gasteiger partial charge in [-0.05, 0) is 59.7 Å². The molecule has 0 aliphatic heterocycles. The molecule has 3 rings (SSSR count). The zero-order valence-electron chi connectivity index (χ0n) is 15.6. The Labute approximate surface area is 173 Å². The molecule has 0 saturated carbocycles. The number of thiocarbonyl (C=S) groups is 1. The van der Waals surface area contributed by atoms with E-state index in [0.29, 0.717) is 16.9 Å². The van der Waals surface area contributed by atoms with Gasteiger partial charge in [-0.3, -0.25) is 25.8 Å². The highest BCUT2D eigenvalue weighted by Gasteiger charge is 2.10. The lowest BCUT2D eigenvalue weighted by Gasteiger charge is -2.11. The van der Waals surface area contributed by atoms with Gasteiger partial charge in [-0.2, -0.15) is 0 Å². The molecule has 0 fully saturated rings. The van der Waals surface area contributed by atoms with Crippen molar-refractivity contribution in [2.45, 2.75) is 0 Å². The molecule has 0 bridgehead atoms. The molecule has 6 nitrogen and oxygen atoms in total. The minimum absolute atomic E-state index is 0.0138. The van der Waals surface area contributed by atoms with E-state index in [9.17, 15) is 9.59 Å². The molecule has 29 heavy (non-hydrogen) atoms. The van der Waals surface area contributed by atoms with Crippen molar-refractivity contribution in [3.8, 4) is 16.9 Å². The fourth-order valence-electron chi connectivity index (χ4n) is 2.58. The van der Waals surface area contributed by atoms with Crippen LogP contribution in [0.25, 0.3) is 11.1 Å². The first-order chi connectivity index (χ1) is 14.1. The molecule has 0 aliphatic rings. The number of benzene rings is 3. The number of rotatable bonds is 4. The van der Waals surface area contributed by atoms with Crippen LogP contribution >= 0.6 is 12.2 Å². The van der Waals surface area contributed by atoms with Crippen molar-refractivity contribution in [2.24, 2.45) is 0 Å². The second-order valence-electron chi connectivity index (χ2n) is 6.03. The number of carbonyl (C=O) groups excluding carboxylic acids is 2. The van der Waals surface area contributed by atoms with Crippen molar-refractivity contribution < 1.29 is 14.3 Å². The minimum atomic E-state index is -0.397. The van der Waals surface area contributed by atoms with E-state index in [0.717, 1.165) is 11.1 Å². The van der Waals surface area contributed by atoms with Crippen molar-refractivity contribution in [3.05, 3.63) is 90.0 Å². The zero-order valence-corrected chi connectivity index (χ0v) is 16.5. The first kappa shape index (κ1) is 20.0. The summed E-state index contributed by atoms with van der Waals surface area (Å²) in [4.78, 5) is 24.4.